The highest BCUT2D eigenvalue weighted by molar-refractivity contribution is 7.92. The van der Waals surface area contributed by atoms with Crippen LogP contribution >= 0.6 is 0 Å². The predicted molar refractivity (Wildman–Crippen MR) is 115 cm³/mol. The van der Waals surface area contributed by atoms with Crippen LogP contribution in [0.3, 0.4) is 0 Å². The summed E-state index contributed by atoms with van der Waals surface area (Å²) in [5, 5.41) is 0. The molecule has 0 atom stereocenters. The molecular formula is C22H21N3O3S. The van der Waals surface area contributed by atoms with Gasteiger partial charge < -0.3 is 9.30 Å². The molecular weight excluding hydrogens is 386 g/mol. The molecule has 0 aliphatic carbocycles. The summed E-state index contributed by atoms with van der Waals surface area (Å²) in [6, 6.07) is 26.6. The molecule has 1 N–H and O–H groups in total. The Bertz CT molecular complexity index is 1190. The topological polar surface area (TPSA) is 73.2 Å². The molecule has 148 valence electrons. The van der Waals surface area contributed by atoms with Crippen LogP contribution in [0.5, 0.6) is 5.75 Å². The normalized spacial score (nSPS) is 11.4. The fraction of sp³-hybridized carbons (Fsp3) is 0.136. The number of nitrogens with one attached hydrogen (secondary N) is 1. The Morgan fingerprint density at radius 2 is 1.52 bits per heavy atom. The monoisotopic (exact) mass is 407 g/mol. The highest BCUT2D eigenvalue weighted by Gasteiger charge is 2.17. The molecule has 3 aromatic carbocycles. The summed E-state index contributed by atoms with van der Waals surface area (Å²) in [6.07, 6.45) is 0. The summed E-state index contributed by atoms with van der Waals surface area (Å²) < 4.78 is 35.3. The first-order chi connectivity index (χ1) is 14.1. The van der Waals surface area contributed by atoms with Crippen molar-refractivity contribution in [1.29, 1.82) is 0 Å². The van der Waals surface area contributed by atoms with E-state index in [9.17, 15) is 8.42 Å². The zero-order valence-electron chi connectivity index (χ0n) is 15.7. The average Bonchev–Trinajstić information content (AvgIpc) is 3.06. The molecule has 0 unspecified atom stereocenters. The van der Waals surface area contributed by atoms with Crippen molar-refractivity contribution in [3.05, 3.63) is 90.5 Å². The third kappa shape index (κ3) is 4.75. The van der Waals surface area contributed by atoms with Crippen LogP contribution in [0, 0.1) is 0 Å². The molecule has 4 rings (SSSR count). The number of anilines is 1. The SMILES string of the molecule is O=S(=O)(CCOc1ccccc1)Nc1nc2ccccc2n1Cc1ccccc1. The number of para-hydroxylation sites is 3. The van der Waals surface area contributed by atoms with Crippen LogP contribution in [0.4, 0.5) is 5.95 Å². The molecule has 1 aromatic heterocycles. The molecule has 6 nitrogen and oxygen atoms in total. The summed E-state index contributed by atoms with van der Waals surface area (Å²) in [5.74, 6) is 0.768. The van der Waals surface area contributed by atoms with Crippen molar-refractivity contribution in [3.63, 3.8) is 0 Å². The second-order valence-corrected chi connectivity index (χ2v) is 8.42. The lowest BCUT2D eigenvalue weighted by Crippen LogP contribution is -2.23. The number of hydrogen-bond acceptors (Lipinski definition) is 4. The van der Waals surface area contributed by atoms with Gasteiger partial charge in [0.2, 0.25) is 16.0 Å². The number of imidazole rings is 1. The van der Waals surface area contributed by atoms with Crippen LogP contribution in [0.1, 0.15) is 5.56 Å². The average molecular weight is 407 g/mol. The number of fused-ring (bicyclic) bond motifs is 1. The Morgan fingerprint density at radius 1 is 0.862 bits per heavy atom. The van der Waals surface area contributed by atoms with E-state index in [4.69, 9.17) is 4.74 Å². The molecule has 0 radical (unpaired) electrons. The van der Waals surface area contributed by atoms with Crippen LogP contribution in [0.25, 0.3) is 11.0 Å². The van der Waals surface area contributed by atoms with Gasteiger partial charge in [0.15, 0.2) is 0 Å². The van der Waals surface area contributed by atoms with Crippen molar-refractivity contribution >= 4 is 27.0 Å². The highest BCUT2D eigenvalue weighted by Crippen LogP contribution is 2.22. The summed E-state index contributed by atoms with van der Waals surface area (Å²) >= 11 is 0. The van der Waals surface area contributed by atoms with Gasteiger partial charge in [0.1, 0.15) is 18.1 Å². The van der Waals surface area contributed by atoms with E-state index < -0.39 is 10.0 Å². The molecule has 0 saturated heterocycles. The van der Waals surface area contributed by atoms with Gasteiger partial charge in [-0.15, -0.1) is 0 Å². The lowest BCUT2D eigenvalue weighted by molar-refractivity contribution is 0.341. The molecule has 7 heteroatoms. The minimum Gasteiger partial charge on any atom is -0.492 e. The van der Waals surface area contributed by atoms with Crippen molar-refractivity contribution < 1.29 is 13.2 Å². The standard InChI is InChI=1S/C22H21N3O3S/c26-29(27,16-15-28-19-11-5-2-6-12-19)24-22-23-20-13-7-8-14-21(20)25(22)17-18-9-3-1-4-10-18/h1-14H,15-17H2,(H,23,24). The maximum absolute atomic E-state index is 12.6. The lowest BCUT2D eigenvalue weighted by Gasteiger charge is -2.12. The van der Waals surface area contributed by atoms with E-state index >= 15 is 0 Å². The molecule has 0 amide bonds. The van der Waals surface area contributed by atoms with E-state index in [0.717, 1.165) is 16.6 Å². The third-order valence-electron chi connectivity index (χ3n) is 4.45. The highest BCUT2D eigenvalue weighted by atomic mass is 32.2. The van der Waals surface area contributed by atoms with Crippen molar-refractivity contribution in [3.8, 4) is 5.75 Å². The van der Waals surface area contributed by atoms with Gasteiger partial charge in [-0.1, -0.05) is 60.7 Å². The second-order valence-electron chi connectivity index (χ2n) is 6.58. The number of hydrogen-bond donors (Lipinski definition) is 1. The van der Waals surface area contributed by atoms with Gasteiger partial charge in [0.25, 0.3) is 0 Å². The zero-order chi connectivity index (χ0) is 20.1. The Hall–Kier alpha value is -3.32. The Kier molecular flexibility index (Phi) is 5.48. The second kappa shape index (κ2) is 8.36. The van der Waals surface area contributed by atoms with Crippen LogP contribution in [-0.2, 0) is 16.6 Å². The minimum absolute atomic E-state index is 0.0538. The maximum Gasteiger partial charge on any atom is 0.238 e. The molecule has 4 aromatic rings. The van der Waals surface area contributed by atoms with Gasteiger partial charge in [-0.05, 0) is 29.8 Å². The van der Waals surface area contributed by atoms with Crippen molar-refractivity contribution in [2.75, 3.05) is 17.1 Å². The molecule has 0 bridgehead atoms. The van der Waals surface area contributed by atoms with Crippen LogP contribution in [0.2, 0.25) is 0 Å². The number of benzene rings is 3. The van der Waals surface area contributed by atoms with Gasteiger partial charge in [0.05, 0.1) is 17.6 Å². The minimum atomic E-state index is -3.63. The predicted octanol–water partition coefficient (Wildman–Crippen LogP) is 3.91. The number of aromatic nitrogens is 2. The van der Waals surface area contributed by atoms with E-state index in [1.54, 1.807) is 12.1 Å². The Morgan fingerprint density at radius 3 is 2.28 bits per heavy atom. The number of nitrogens with zero attached hydrogens (tertiary/aromatic N) is 2. The van der Waals surface area contributed by atoms with E-state index in [-0.39, 0.29) is 12.4 Å². The molecule has 1 heterocycles. The first-order valence-electron chi connectivity index (χ1n) is 9.28. The van der Waals surface area contributed by atoms with Crippen LogP contribution in [-0.4, -0.2) is 30.3 Å². The van der Waals surface area contributed by atoms with E-state index in [1.165, 1.54) is 0 Å². The Labute approximate surface area is 169 Å². The fourth-order valence-corrected chi connectivity index (χ4v) is 3.89. The van der Waals surface area contributed by atoms with E-state index in [0.29, 0.717) is 18.2 Å². The van der Waals surface area contributed by atoms with Crippen molar-refractivity contribution in [2.24, 2.45) is 0 Å². The molecule has 0 spiro atoms. The van der Waals surface area contributed by atoms with Crippen LogP contribution < -0.4 is 9.46 Å². The summed E-state index contributed by atoms with van der Waals surface area (Å²) in [7, 11) is -3.63. The number of rotatable bonds is 8. The third-order valence-corrected chi connectivity index (χ3v) is 5.65. The fourth-order valence-electron chi connectivity index (χ4n) is 3.06. The number of sulfonamides is 1. The molecule has 0 aliphatic heterocycles. The quantitative estimate of drug-likeness (QED) is 0.481. The molecule has 0 fully saturated rings. The summed E-state index contributed by atoms with van der Waals surface area (Å²) in [6.45, 7) is 0.567. The van der Waals surface area contributed by atoms with Crippen LogP contribution in [0.15, 0.2) is 84.9 Å². The zero-order valence-corrected chi connectivity index (χ0v) is 16.5. The van der Waals surface area contributed by atoms with Gasteiger partial charge in [-0.25, -0.2) is 13.4 Å². The molecule has 0 aliphatic rings. The van der Waals surface area contributed by atoms with Gasteiger partial charge in [-0.3, -0.25) is 4.72 Å². The molecule has 0 saturated carbocycles. The van der Waals surface area contributed by atoms with Crippen molar-refractivity contribution in [1.82, 2.24) is 9.55 Å². The van der Waals surface area contributed by atoms with E-state index in [1.807, 2.05) is 77.4 Å². The largest absolute Gasteiger partial charge is 0.492 e. The lowest BCUT2D eigenvalue weighted by atomic mass is 10.2. The summed E-state index contributed by atoms with van der Waals surface area (Å²) in [4.78, 5) is 4.49. The Balaban J connectivity index is 1.54. The van der Waals surface area contributed by atoms with Crippen molar-refractivity contribution in [2.45, 2.75) is 6.54 Å². The maximum atomic E-state index is 12.6. The summed E-state index contributed by atoms with van der Waals surface area (Å²) in [5.41, 5.74) is 2.67. The number of ether oxygens (including phenoxy) is 1. The van der Waals surface area contributed by atoms with E-state index in [2.05, 4.69) is 9.71 Å². The van der Waals surface area contributed by atoms with Gasteiger partial charge in [0, 0.05) is 0 Å². The van der Waals surface area contributed by atoms with Gasteiger partial charge >= 0.3 is 0 Å². The first-order valence-corrected chi connectivity index (χ1v) is 10.9. The van der Waals surface area contributed by atoms with Gasteiger partial charge in [-0.2, -0.15) is 0 Å². The smallest absolute Gasteiger partial charge is 0.238 e. The molecule has 29 heavy (non-hydrogen) atoms. The first kappa shape index (κ1) is 19.0.